The fourth-order valence-electron chi connectivity index (χ4n) is 2.49. The molecular weight excluding hydrogens is 370 g/mol. The van der Waals surface area contributed by atoms with Crippen molar-refractivity contribution in [2.24, 2.45) is 0 Å². The first-order valence-corrected chi connectivity index (χ1v) is 9.64. The van der Waals surface area contributed by atoms with Crippen LogP contribution in [0.2, 0.25) is 0 Å². The number of rotatable bonds is 10. The molecule has 1 amide bonds. The fraction of sp³-hybridized carbons (Fsp3) is 0.471. The number of nitrogens with zero attached hydrogens (tertiary/aromatic N) is 4. The number of aromatic nitrogens is 2. The van der Waals surface area contributed by atoms with E-state index in [1.807, 2.05) is 0 Å². The van der Waals surface area contributed by atoms with E-state index in [9.17, 15) is 14.9 Å². The fourth-order valence-corrected chi connectivity index (χ4v) is 3.27. The van der Waals surface area contributed by atoms with E-state index in [2.05, 4.69) is 34.3 Å². The molecule has 0 unspecified atom stereocenters. The second kappa shape index (κ2) is 10.0. The highest BCUT2D eigenvalue weighted by atomic mass is 32.2. The molecule has 0 aliphatic rings. The first-order valence-electron chi connectivity index (χ1n) is 8.66. The molecule has 27 heavy (non-hydrogen) atoms. The SMILES string of the molecule is CCN(CC)CCSc1nnc(CNC(=O)c2cccc([N+](=O)[O-])c2C)o1. The van der Waals surface area contributed by atoms with Crippen LogP contribution in [0.5, 0.6) is 0 Å². The summed E-state index contributed by atoms with van der Waals surface area (Å²) in [5.74, 6) is 0.699. The third kappa shape index (κ3) is 5.76. The molecule has 2 aromatic rings. The summed E-state index contributed by atoms with van der Waals surface area (Å²) in [6.07, 6.45) is 0. The predicted molar refractivity (Wildman–Crippen MR) is 102 cm³/mol. The second-order valence-corrected chi connectivity index (χ2v) is 6.77. The summed E-state index contributed by atoms with van der Waals surface area (Å²) < 4.78 is 5.51. The summed E-state index contributed by atoms with van der Waals surface area (Å²) in [4.78, 5) is 25.1. The maximum atomic E-state index is 12.3. The van der Waals surface area contributed by atoms with Gasteiger partial charge in [-0.2, -0.15) is 0 Å². The molecule has 1 N–H and O–H groups in total. The second-order valence-electron chi connectivity index (χ2n) is 5.73. The number of nitro groups is 1. The third-order valence-corrected chi connectivity index (χ3v) is 4.92. The van der Waals surface area contributed by atoms with Gasteiger partial charge >= 0.3 is 0 Å². The lowest BCUT2D eigenvalue weighted by Gasteiger charge is -2.16. The lowest BCUT2D eigenvalue weighted by atomic mass is 10.1. The van der Waals surface area contributed by atoms with E-state index < -0.39 is 10.8 Å². The number of nitro benzene ring substituents is 1. The van der Waals surface area contributed by atoms with E-state index >= 15 is 0 Å². The number of hydrogen-bond donors (Lipinski definition) is 1. The van der Waals surface area contributed by atoms with Gasteiger partial charge in [-0.3, -0.25) is 14.9 Å². The van der Waals surface area contributed by atoms with Crippen LogP contribution < -0.4 is 5.32 Å². The molecule has 0 atom stereocenters. The Morgan fingerprint density at radius 2 is 2.07 bits per heavy atom. The molecule has 9 nitrogen and oxygen atoms in total. The summed E-state index contributed by atoms with van der Waals surface area (Å²) in [5, 5.41) is 22.0. The van der Waals surface area contributed by atoms with E-state index in [1.165, 1.54) is 23.9 Å². The van der Waals surface area contributed by atoms with Crippen LogP contribution in [0.1, 0.15) is 35.7 Å². The number of nitrogens with one attached hydrogen (secondary N) is 1. The summed E-state index contributed by atoms with van der Waals surface area (Å²) >= 11 is 1.47. The maximum Gasteiger partial charge on any atom is 0.276 e. The molecule has 0 aliphatic heterocycles. The van der Waals surface area contributed by atoms with Crippen LogP contribution in [0.4, 0.5) is 5.69 Å². The molecule has 0 fully saturated rings. The highest BCUT2D eigenvalue weighted by Crippen LogP contribution is 2.21. The molecule has 10 heteroatoms. The summed E-state index contributed by atoms with van der Waals surface area (Å²) in [6.45, 7) is 8.76. The Labute approximate surface area is 161 Å². The standard InChI is InChI=1S/C17H23N5O4S/c1-4-21(5-2)9-10-27-17-20-19-15(26-17)11-18-16(23)13-7-6-8-14(12(13)3)22(24)25/h6-8H,4-5,9-11H2,1-3H3,(H,18,23). The number of thioether (sulfide) groups is 1. The average Bonchev–Trinajstić information content (AvgIpc) is 3.11. The van der Waals surface area contributed by atoms with Gasteiger partial charge in [-0.05, 0) is 26.1 Å². The molecule has 0 radical (unpaired) electrons. The minimum absolute atomic E-state index is 0.0601. The van der Waals surface area contributed by atoms with E-state index in [0.29, 0.717) is 10.8 Å². The van der Waals surface area contributed by atoms with Crippen LogP contribution in [0.25, 0.3) is 0 Å². The van der Waals surface area contributed by atoms with Crippen molar-refractivity contribution in [2.75, 3.05) is 25.4 Å². The van der Waals surface area contributed by atoms with Gasteiger partial charge in [0.05, 0.1) is 11.5 Å². The van der Waals surface area contributed by atoms with Crippen molar-refractivity contribution < 1.29 is 14.1 Å². The van der Waals surface area contributed by atoms with Gasteiger partial charge in [-0.25, -0.2) is 0 Å². The average molecular weight is 393 g/mol. The van der Waals surface area contributed by atoms with E-state index in [4.69, 9.17) is 4.42 Å². The Morgan fingerprint density at radius 1 is 1.33 bits per heavy atom. The molecule has 0 spiro atoms. The Morgan fingerprint density at radius 3 is 2.74 bits per heavy atom. The normalized spacial score (nSPS) is 11.0. The minimum Gasteiger partial charge on any atom is -0.414 e. The van der Waals surface area contributed by atoms with Gasteiger partial charge in [0, 0.05) is 29.5 Å². The Hall–Kier alpha value is -2.46. The number of carbonyl (C=O) groups is 1. The zero-order valence-corrected chi connectivity index (χ0v) is 16.4. The van der Waals surface area contributed by atoms with Gasteiger partial charge in [0.1, 0.15) is 0 Å². The van der Waals surface area contributed by atoms with Gasteiger partial charge in [-0.15, -0.1) is 10.2 Å². The molecular formula is C17H23N5O4S. The largest absolute Gasteiger partial charge is 0.414 e. The number of amides is 1. The van der Waals surface area contributed by atoms with Crippen molar-refractivity contribution in [1.29, 1.82) is 0 Å². The van der Waals surface area contributed by atoms with Crippen molar-refractivity contribution in [3.8, 4) is 0 Å². The van der Waals surface area contributed by atoms with Crippen molar-refractivity contribution >= 4 is 23.4 Å². The molecule has 0 saturated carbocycles. The number of benzene rings is 1. The Bertz CT molecular complexity index is 791. The lowest BCUT2D eigenvalue weighted by Crippen LogP contribution is -2.25. The van der Waals surface area contributed by atoms with Crippen LogP contribution in [0.15, 0.2) is 27.8 Å². The van der Waals surface area contributed by atoms with Crippen LogP contribution in [0, 0.1) is 17.0 Å². The molecule has 0 bridgehead atoms. The van der Waals surface area contributed by atoms with Gasteiger partial charge in [0.2, 0.25) is 5.89 Å². The quantitative estimate of drug-likeness (QED) is 0.372. The lowest BCUT2D eigenvalue weighted by molar-refractivity contribution is -0.385. The summed E-state index contributed by atoms with van der Waals surface area (Å²) in [6, 6.07) is 4.39. The van der Waals surface area contributed by atoms with E-state index in [-0.39, 0.29) is 23.7 Å². The van der Waals surface area contributed by atoms with Gasteiger partial charge in [0.15, 0.2) is 0 Å². The van der Waals surface area contributed by atoms with Crippen molar-refractivity contribution in [3.63, 3.8) is 0 Å². The molecule has 2 rings (SSSR count). The van der Waals surface area contributed by atoms with Gasteiger partial charge in [-0.1, -0.05) is 31.7 Å². The van der Waals surface area contributed by atoms with Crippen LogP contribution in [0.3, 0.4) is 0 Å². The Kier molecular flexibility index (Phi) is 7.74. The van der Waals surface area contributed by atoms with Gasteiger partial charge < -0.3 is 14.6 Å². The topological polar surface area (TPSA) is 114 Å². The Balaban J connectivity index is 1.89. The first-order chi connectivity index (χ1) is 13.0. The predicted octanol–water partition coefficient (Wildman–Crippen LogP) is 2.65. The summed E-state index contributed by atoms with van der Waals surface area (Å²) in [5.41, 5.74) is 0.475. The van der Waals surface area contributed by atoms with Crippen LogP contribution >= 0.6 is 11.8 Å². The molecule has 1 aromatic carbocycles. The molecule has 146 valence electrons. The van der Waals surface area contributed by atoms with Gasteiger partial charge in [0.25, 0.3) is 16.8 Å². The van der Waals surface area contributed by atoms with E-state index in [0.717, 1.165) is 25.4 Å². The van der Waals surface area contributed by atoms with Crippen LogP contribution in [-0.2, 0) is 6.54 Å². The maximum absolute atomic E-state index is 12.3. The smallest absolute Gasteiger partial charge is 0.276 e. The first kappa shape index (κ1) is 20.8. The molecule has 1 heterocycles. The molecule has 1 aromatic heterocycles. The summed E-state index contributed by atoms with van der Waals surface area (Å²) in [7, 11) is 0. The number of carbonyl (C=O) groups excluding carboxylic acids is 1. The third-order valence-electron chi connectivity index (χ3n) is 4.12. The van der Waals surface area contributed by atoms with Crippen molar-refractivity contribution in [1.82, 2.24) is 20.4 Å². The molecule has 0 aliphatic carbocycles. The van der Waals surface area contributed by atoms with Crippen LogP contribution in [-0.4, -0.2) is 51.3 Å². The highest BCUT2D eigenvalue weighted by Gasteiger charge is 2.18. The zero-order valence-electron chi connectivity index (χ0n) is 15.6. The highest BCUT2D eigenvalue weighted by molar-refractivity contribution is 7.99. The zero-order chi connectivity index (χ0) is 19.8. The molecule has 0 saturated heterocycles. The van der Waals surface area contributed by atoms with E-state index in [1.54, 1.807) is 13.0 Å². The van der Waals surface area contributed by atoms with Crippen molar-refractivity contribution in [2.45, 2.75) is 32.5 Å². The number of hydrogen-bond acceptors (Lipinski definition) is 8. The minimum atomic E-state index is -0.508. The monoisotopic (exact) mass is 393 g/mol. The van der Waals surface area contributed by atoms with Crippen molar-refractivity contribution in [3.05, 3.63) is 45.3 Å².